The van der Waals surface area contributed by atoms with Gasteiger partial charge >= 0.3 is 0 Å². The minimum atomic E-state index is -0.467. The Morgan fingerprint density at radius 3 is 2.58 bits per heavy atom. The van der Waals surface area contributed by atoms with Gasteiger partial charge in [-0.25, -0.2) is 8.78 Å². The Morgan fingerprint density at radius 2 is 1.88 bits per heavy atom. The van der Waals surface area contributed by atoms with Crippen LogP contribution < -0.4 is 15.4 Å². The lowest BCUT2D eigenvalue weighted by molar-refractivity contribution is 0.406. The highest BCUT2D eigenvalue weighted by Crippen LogP contribution is 2.25. The first-order chi connectivity index (χ1) is 12.0. The van der Waals surface area contributed by atoms with Crippen LogP contribution in [-0.2, 0) is 6.54 Å². The van der Waals surface area contributed by atoms with Crippen LogP contribution in [0.3, 0.4) is 0 Å². The Bertz CT molecular complexity index is 740. The van der Waals surface area contributed by atoms with Gasteiger partial charge in [-0.1, -0.05) is 25.1 Å². The molecule has 0 aliphatic carbocycles. The molecule has 1 unspecified atom stereocenters. The summed E-state index contributed by atoms with van der Waals surface area (Å²) >= 11 is 0. The maximum absolute atomic E-state index is 13.7. The van der Waals surface area contributed by atoms with Crippen LogP contribution in [0.4, 0.5) is 8.78 Å². The zero-order valence-corrected chi connectivity index (χ0v) is 17.4. The van der Waals surface area contributed by atoms with Gasteiger partial charge in [0.15, 0.2) is 5.96 Å². The molecule has 4 nitrogen and oxygen atoms in total. The highest BCUT2D eigenvalue weighted by atomic mass is 127. The summed E-state index contributed by atoms with van der Waals surface area (Å²) in [5, 5.41) is 6.18. The number of hydrogen-bond donors (Lipinski definition) is 2. The maximum atomic E-state index is 13.7. The van der Waals surface area contributed by atoms with Gasteiger partial charge in [0.1, 0.15) is 17.4 Å². The zero-order valence-electron chi connectivity index (χ0n) is 15.1. The Morgan fingerprint density at radius 1 is 1.15 bits per heavy atom. The lowest BCUT2D eigenvalue weighted by atomic mass is 10.0. The van der Waals surface area contributed by atoms with E-state index in [0.717, 1.165) is 23.4 Å². The summed E-state index contributed by atoms with van der Waals surface area (Å²) in [7, 11) is 3.28. The van der Waals surface area contributed by atoms with E-state index in [1.807, 2.05) is 24.3 Å². The van der Waals surface area contributed by atoms with Gasteiger partial charge in [-0.3, -0.25) is 4.99 Å². The van der Waals surface area contributed by atoms with Crippen molar-refractivity contribution < 1.29 is 13.5 Å². The molecule has 7 heteroatoms. The number of methoxy groups -OCH3 is 1. The fraction of sp³-hybridized carbons (Fsp3) is 0.316. The molecule has 0 heterocycles. The van der Waals surface area contributed by atoms with Crippen LogP contribution >= 0.6 is 24.0 Å². The first-order valence-electron chi connectivity index (χ1n) is 8.06. The van der Waals surface area contributed by atoms with Crippen molar-refractivity contribution in [3.63, 3.8) is 0 Å². The lowest BCUT2D eigenvalue weighted by Gasteiger charge is -2.18. The second-order valence-electron chi connectivity index (χ2n) is 5.69. The molecule has 0 aliphatic rings. The summed E-state index contributed by atoms with van der Waals surface area (Å²) in [6.07, 6.45) is 0. The van der Waals surface area contributed by atoms with E-state index in [9.17, 15) is 8.78 Å². The molecule has 0 saturated carbocycles. The first-order valence-corrected chi connectivity index (χ1v) is 8.06. The van der Waals surface area contributed by atoms with Crippen LogP contribution in [0, 0.1) is 11.6 Å². The van der Waals surface area contributed by atoms with Gasteiger partial charge in [0, 0.05) is 31.6 Å². The molecule has 0 fully saturated rings. The average molecular weight is 475 g/mol. The Hall–Kier alpha value is -1.90. The van der Waals surface area contributed by atoms with Crippen LogP contribution in [0.1, 0.15) is 24.0 Å². The average Bonchev–Trinajstić information content (AvgIpc) is 2.64. The maximum Gasteiger partial charge on any atom is 0.191 e. The van der Waals surface area contributed by atoms with Gasteiger partial charge < -0.3 is 15.4 Å². The number of ether oxygens (including phenoxy) is 1. The number of halogens is 3. The van der Waals surface area contributed by atoms with Crippen LogP contribution in [0.2, 0.25) is 0 Å². The van der Waals surface area contributed by atoms with E-state index in [4.69, 9.17) is 4.74 Å². The molecule has 0 saturated heterocycles. The zero-order chi connectivity index (χ0) is 18.2. The molecule has 0 amide bonds. The molecule has 0 spiro atoms. The van der Waals surface area contributed by atoms with E-state index in [2.05, 4.69) is 22.5 Å². The van der Waals surface area contributed by atoms with E-state index in [1.54, 1.807) is 14.2 Å². The van der Waals surface area contributed by atoms with Gasteiger partial charge in [0.25, 0.3) is 0 Å². The van der Waals surface area contributed by atoms with Gasteiger partial charge in [0.05, 0.1) is 7.11 Å². The summed E-state index contributed by atoms with van der Waals surface area (Å²) < 4.78 is 32.3. The first kappa shape index (κ1) is 22.1. The molecule has 0 bridgehead atoms. The largest absolute Gasteiger partial charge is 0.496 e. The standard InChI is InChI=1S/C19H23F2N3O.HI/c1-13(16-6-4-5-7-18(16)25-3)11-23-19(22-2)24-12-14-10-15(20)8-9-17(14)21;/h4-10,13H,11-12H2,1-3H3,(H2,22,23,24);1H. The topological polar surface area (TPSA) is 45.7 Å². The van der Waals surface area contributed by atoms with Crippen LogP contribution in [-0.4, -0.2) is 26.7 Å². The molecule has 0 aromatic heterocycles. The van der Waals surface area contributed by atoms with E-state index < -0.39 is 11.6 Å². The highest BCUT2D eigenvalue weighted by Gasteiger charge is 2.12. The quantitative estimate of drug-likeness (QED) is 0.377. The van der Waals surface area contributed by atoms with Gasteiger partial charge in [-0.05, 0) is 29.8 Å². The van der Waals surface area contributed by atoms with Crippen molar-refractivity contribution in [2.45, 2.75) is 19.4 Å². The summed E-state index contributed by atoms with van der Waals surface area (Å²) in [5.41, 5.74) is 1.34. The Kier molecular flexibility index (Phi) is 9.32. The minimum absolute atomic E-state index is 0. The van der Waals surface area contributed by atoms with Crippen LogP contribution in [0.15, 0.2) is 47.5 Å². The Labute approximate surface area is 170 Å². The van der Waals surface area contributed by atoms with Crippen molar-refractivity contribution in [1.29, 1.82) is 0 Å². The number of nitrogens with zero attached hydrogens (tertiary/aromatic N) is 1. The van der Waals surface area contributed by atoms with Gasteiger partial charge in [-0.15, -0.1) is 24.0 Å². The summed E-state index contributed by atoms with van der Waals surface area (Å²) in [4.78, 5) is 4.11. The van der Waals surface area contributed by atoms with Crippen molar-refractivity contribution in [2.75, 3.05) is 20.7 Å². The molecule has 2 rings (SSSR count). The van der Waals surface area contributed by atoms with Crippen LogP contribution in [0.25, 0.3) is 0 Å². The summed E-state index contributed by atoms with van der Waals surface area (Å²) in [6, 6.07) is 11.2. The molecule has 1 atom stereocenters. The minimum Gasteiger partial charge on any atom is -0.496 e. The predicted octanol–water partition coefficient (Wildman–Crippen LogP) is 4.06. The second-order valence-corrected chi connectivity index (χ2v) is 5.69. The number of nitrogens with one attached hydrogen (secondary N) is 2. The Balaban J connectivity index is 0.00000338. The third kappa shape index (κ3) is 6.12. The molecule has 0 radical (unpaired) electrons. The summed E-state index contributed by atoms with van der Waals surface area (Å²) in [5.74, 6) is 0.616. The van der Waals surface area contributed by atoms with E-state index in [-0.39, 0.29) is 42.0 Å². The molecule has 26 heavy (non-hydrogen) atoms. The van der Waals surface area contributed by atoms with Crippen molar-refractivity contribution >= 4 is 29.9 Å². The van der Waals surface area contributed by atoms with Crippen LogP contribution in [0.5, 0.6) is 5.75 Å². The van der Waals surface area contributed by atoms with Gasteiger partial charge in [0.2, 0.25) is 0 Å². The highest BCUT2D eigenvalue weighted by molar-refractivity contribution is 14.0. The van der Waals surface area contributed by atoms with Crippen molar-refractivity contribution in [3.05, 3.63) is 65.2 Å². The number of para-hydroxylation sites is 1. The van der Waals surface area contributed by atoms with Crippen molar-refractivity contribution in [3.8, 4) is 5.75 Å². The van der Waals surface area contributed by atoms with Crippen molar-refractivity contribution in [2.24, 2.45) is 4.99 Å². The van der Waals surface area contributed by atoms with E-state index in [0.29, 0.717) is 12.5 Å². The third-order valence-electron chi connectivity index (χ3n) is 3.92. The monoisotopic (exact) mass is 475 g/mol. The number of aliphatic imine (C=N–C) groups is 1. The van der Waals surface area contributed by atoms with Crippen molar-refractivity contribution in [1.82, 2.24) is 10.6 Å². The second kappa shape index (κ2) is 10.9. The molecule has 2 aromatic rings. The molecule has 2 aromatic carbocycles. The molecular weight excluding hydrogens is 451 g/mol. The number of benzene rings is 2. The normalized spacial score (nSPS) is 12.1. The fourth-order valence-corrected chi connectivity index (χ4v) is 2.51. The number of hydrogen-bond acceptors (Lipinski definition) is 2. The predicted molar refractivity (Wildman–Crippen MR) is 111 cm³/mol. The number of rotatable bonds is 6. The van der Waals surface area contributed by atoms with Gasteiger partial charge in [-0.2, -0.15) is 0 Å². The molecular formula is C19H24F2IN3O. The number of guanidine groups is 1. The molecule has 0 aliphatic heterocycles. The van der Waals surface area contributed by atoms with E-state index in [1.165, 1.54) is 6.07 Å². The molecule has 142 valence electrons. The molecule has 2 N–H and O–H groups in total. The smallest absolute Gasteiger partial charge is 0.191 e. The third-order valence-corrected chi connectivity index (χ3v) is 3.92. The summed E-state index contributed by atoms with van der Waals surface area (Å²) in [6.45, 7) is 2.84. The van der Waals surface area contributed by atoms with E-state index >= 15 is 0 Å². The lowest BCUT2D eigenvalue weighted by Crippen LogP contribution is -2.38. The SMILES string of the molecule is CN=C(NCc1cc(F)ccc1F)NCC(C)c1ccccc1OC.I. The fourth-order valence-electron chi connectivity index (χ4n) is 2.51.